The van der Waals surface area contributed by atoms with Gasteiger partial charge in [-0.15, -0.1) is 0 Å². The molecule has 1 fully saturated rings. The number of morpholine rings is 1. The topological polar surface area (TPSA) is 51.1 Å². The minimum absolute atomic E-state index is 0.441. The number of hydrogen-bond donors (Lipinski definition) is 0. The lowest BCUT2D eigenvalue weighted by atomic mass is 10.3. The summed E-state index contributed by atoms with van der Waals surface area (Å²) < 4.78 is 5.30. The van der Waals surface area contributed by atoms with E-state index in [1.54, 1.807) is 12.4 Å². The van der Waals surface area contributed by atoms with Gasteiger partial charge in [0.2, 0.25) is 5.95 Å². The molecule has 88 valence electrons. The first kappa shape index (κ1) is 10.7. The summed E-state index contributed by atoms with van der Waals surface area (Å²) in [4.78, 5) is 14.9. The van der Waals surface area contributed by atoms with Gasteiger partial charge in [-0.05, 0) is 6.07 Å². The second kappa shape index (κ2) is 4.43. The Labute approximate surface area is 103 Å². The first-order chi connectivity index (χ1) is 8.34. The van der Waals surface area contributed by atoms with Gasteiger partial charge in [-0.2, -0.15) is 0 Å². The number of halogens is 1. The van der Waals surface area contributed by atoms with Crippen LogP contribution in [0.5, 0.6) is 0 Å². The summed E-state index contributed by atoms with van der Waals surface area (Å²) in [5, 5.41) is 1.22. The number of nitrogens with zero attached hydrogens (tertiary/aromatic N) is 4. The van der Waals surface area contributed by atoms with Gasteiger partial charge in [-0.1, -0.05) is 11.6 Å². The largest absolute Gasteiger partial charge is 0.378 e. The van der Waals surface area contributed by atoms with Crippen LogP contribution in [0.3, 0.4) is 0 Å². The maximum absolute atomic E-state index is 5.97. The molecule has 3 rings (SSSR count). The molecule has 1 saturated heterocycles. The number of hydrogen-bond acceptors (Lipinski definition) is 5. The van der Waals surface area contributed by atoms with Crippen molar-refractivity contribution in [1.29, 1.82) is 0 Å². The smallest absolute Gasteiger partial charge is 0.226 e. The standard InChI is InChI=1S/C11H11ClN4O/c12-10-8-7-14-11(15-9(8)1-2-13-10)16-3-5-17-6-4-16/h1-2,7H,3-6H2. The zero-order valence-electron chi connectivity index (χ0n) is 9.14. The van der Waals surface area contributed by atoms with Crippen molar-refractivity contribution >= 4 is 28.5 Å². The van der Waals surface area contributed by atoms with Crippen molar-refractivity contribution in [2.45, 2.75) is 0 Å². The van der Waals surface area contributed by atoms with Crippen LogP contribution >= 0.6 is 11.6 Å². The van der Waals surface area contributed by atoms with Crippen LogP contribution in [-0.4, -0.2) is 41.3 Å². The summed E-state index contributed by atoms with van der Waals surface area (Å²) in [5.41, 5.74) is 0.821. The predicted molar refractivity (Wildman–Crippen MR) is 65.4 cm³/mol. The predicted octanol–water partition coefficient (Wildman–Crippen LogP) is 1.51. The Kier molecular flexibility index (Phi) is 2.78. The Bertz CT molecular complexity index is 542. The van der Waals surface area contributed by atoms with Crippen LogP contribution in [0.4, 0.5) is 5.95 Å². The van der Waals surface area contributed by atoms with Gasteiger partial charge in [0.1, 0.15) is 5.15 Å². The highest BCUT2D eigenvalue weighted by Crippen LogP contribution is 2.20. The van der Waals surface area contributed by atoms with Crippen molar-refractivity contribution in [3.8, 4) is 0 Å². The van der Waals surface area contributed by atoms with Crippen molar-refractivity contribution in [1.82, 2.24) is 15.0 Å². The second-order valence-electron chi connectivity index (χ2n) is 3.80. The summed E-state index contributed by atoms with van der Waals surface area (Å²) in [6, 6.07) is 1.84. The van der Waals surface area contributed by atoms with E-state index >= 15 is 0 Å². The molecule has 2 aromatic heterocycles. The van der Waals surface area contributed by atoms with Crippen LogP contribution in [0, 0.1) is 0 Å². The molecular formula is C11H11ClN4O. The molecule has 0 saturated carbocycles. The third-order valence-electron chi connectivity index (χ3n) is 2.74. The third kappa shape index (κ3) is 2.03. The fraction of sp³-hybridized carbons (Fsp3) is 0.364. The molecule has 0 bridgehead atoms. The highest BCUT2D eigenvalue weighted by molar-refractivity contribution is 6.33. The molecule has 0 aliphatic carbocycles. The number of anilines is 1. The fourth-order valence-electron chi connectivity index (χ4n) is 1.83. The zero-order chi connectivity index (χ0) is 11.7. The molecule has 6 heteroatoms. The molecule has 0 unspecified atom stereocenters. The zero-order valence-corrected chi connectivity index (χ0v) is 9.89. The number of fused-ring (bicyclic) bond motifs is 1. The first-order valence-electron chi connectivity index (χ1n) is 5.44. The van der Waals surface area contributed by atoms with Crippen LogP contribution < -0.4 is 4.90 Å². The lowest BCUT2D eigenvalue weighted by molar-refractivity contribution is 0.122. The number of ether oxygens (including phenoxy) is 1. The molecule has 0 atom stereocenters. The first-order valence-corrected chi connectivity index (χ1v) is 5.82. The van der Waals surface area contributed by atoms with Crippen molar-refractivity contribution in [2.24, 2.45) is 0 Å². The Balaban J connectivity index is 2.01. The van der Waals surface area contributed by atoms with Gasteiger partial charge < -0.3 is 9.64 Å². The van der Waals surface area contributed by atoms with E-state index in [0.717, 1.165) is 43.2 Å². The van der Waals surface area contributed by atoms with Crippen LogP contribution in [0.1, 0.15) is 0 Å². The summed E-state index contributed by atoms with van der Waals surface area (Å²) in [7, 11) is 0. The number of aromatic nitrogens is 3. The molecule has 0 aromatic carbocycles. The van der Waals surface area contributed by atoms with Gasteiger partial charge in [0.25, 0.3) is 0 Å². The van der Waals surface area contributed by atoms with E-state index in [9.17, 15) is 0 Å². The molecule has 1 aliphatic heterocycles. The monoisotopic (exact) mass is 250 g/mol. The summed E-state index contributed by atoms with van der Waals surface area (Å²) in [6.07, 6.45) is 3.38. The van der Waals surface area contributed by atoms with Gasteiger partial charge in [0, 0.05) is 25.5 Å². The van der Waals surface area contributed by atoms with Crippen molar-refractivity contribution < 1.29 is 4.74 Å². The Morgan fingerprint density at radius 2 is 2.06 bits per heavy atom. The molecule has 0 radical (unpaired) electrons. The highest BCUT2D eigenvalue weighted by Gasteiger charge is 2.14. The molecule has 2 aromatic rings. The van der Waals surface area contributed by atoms with Crippen LogP contribution in [0.15, 0.2) is 18.5 Å². The minimum Gasteiger partial charge on any atom is -0.378 e. The normalized spacial score (nSPS) is 16.4. The van der Waals surface area contributed by atoms with E-state index in [2.05, 4.69) is 19.9 Å². The van der Waals surface area contributed by atoms with Gasteiger partial charge in [-0.25, -0.2) is 15.0 Å². The molecule has 0 amide bonds. The highest BCUT2D eigenvalue weighted by atomic mass is 35.5. The summed E-state index contributed by atoms with van der Waals surface area (Å²) in [6.45, 7) is 3.09. The fourth-order valence-corrected chi connectivity index (χ4v) is 2.03. The molecule has 0 N–H and O–H groups in total. The quantitative estimate of drug-likeness (QED) is 0.718. The lowest BCUT2D eigenvalue weighted by Crippen LogP contribution is -2.37. The van der Waals surface area contributed by atoms with E-state index in [4.69, 9.17) is 16.3 Å². The number of rotatable bonds is 1. The van der Waals surface area contributed by atoms with E-state index in [1.165, 1.54) is 0 Å². The molecule has 3 heterocycles. The van der Waals surface area contributed by atoms with Gasteiger partial charge in [0.05, 0.1) is 24.1 Å². The molecule has 0 spiro atoms. The molecule has 1 aliphatic rings. The maximum atomic E-state index is 5.97. The lowest BCUT2D eigenvalue weighted by Gasteiger charge is -2.26. The van der Waals surface area contributed by atoms with E-state index in [-0.39, 0.29) is 0 Å². The summed E-state index contributed by atoms with van der Waals surface area (Å²) in [5.74, 6) is 0.725. The Hall–Kier alpha value is -1.46. The SMILES string of the molecule is Clc1nccc2nc(N3CCOCC3)ncc12. The van der Waals surface area contributed by atoms with Crippen molar-refractivity contribution in [3.05, 3.63) is 23.6 Å². The Morgan fingerprint density at radius 3 is 2.88 bits per heavy atom. The van der Waals surface area contributed by atoms with Gasteiger partial charge >= 0.3 is 0 Å². The molecule has 5 nitrogen and oxygen atoms in total. The van der Waals surface area contributed by atoms with Gasteiger partial charge in [-0.3, -0.25) is 0 Å². The molecule has 17 heavy (non-hydrogen) atoms. The van der Waals surface area contributed by atoms with E-state index in [1.807, 2.05) is 6.07 Å². The van der Waals surface area contributed by atoms with Crippen LogP contribution in [0.25, 0.3) is 10.9 Å². The van der Waals surface area contributed by atoms with Crippen molar-refractivity contribution in [2.75, 3.05) is 31.2 Å². The Morgan fingerprint density at radius 1 is 1.24 bits per heavy atom. The maximum Gasteiger partial charge on any atom is 0.226 e. The average Bonchev–Trinajstić information content (AvgIpc) is 2.40. The van der Waals surface area contributed by atoms with E-state index in [0.29, 0.717) is 5.15 Å². The second-order valence-corrected chi connectivity index (χ2v) is 4.16. The molecular weight excluding hydrogens is 240 g/mol. The number of pyridine rings is 1. The third-order valence-corrected chi connectivity index (χ3v) is 3.04. The van der Waals surface area contributed by atoms with Gasteiger partial charge in [0.15, 0.2) is 0 Å². The average molecular weight is 251 g/mol. The van der Waals surface area contributed by atoms with Crippen LogP contribution in [-0.2, 0) is 4.74 Å². The van der Waals surface area contributed by atoms with E-state index < -0.39 is 0 Å². The van der Waals surface area contributed by atoms with Crippen molar-refractivity contribution in [3.63, 3.8) is 0 Å². The van der Waals surface area contributed by atoms with Crippen LogP contribution in [0.2, 0.25) is 5.15 Å². The minimum atomic E-state index is 0.441. The summed E-state index contributed by atoms with van der Waals surface area (Å²) >= 11 is 5.97.